The molecule has 0 unspecified atom stereocenters. The molecule has 0 amide bonds. The molecule has 23 heavy (non-hydrogen) atoms. The van der Waals surface area contributed by atoms with Crippen molar-refractivity contribution in [2.24, 2.45) is 0 Å². The van der Waals surface area contributed by atoms with Gasteiger partial charge in [-0.25, -0.2) is 17.9 Å². The second kappa shape index (κ2) is 7.31. The molecule has 1 aromatic carbocycles. The second-order valence-corrected chi connectivity index (χ2v) is 8.41. The third-order valence-corrected chi connectivity index (χ3v) is 4.71. The smallest absolute Gasteiger partial charge is 0.337 e. The van der Waals surface area contributed by atoms with Gasteiger partial charge in [-0.15, -0.1) is 0 Å². The first kappa shape index (κ1) is 19.4. The maximum atomic E-state index is 12.4. The number of sulfonamides is 1. The molecule has 1 atom stereocenters. The highest BCUT2D eigenvalue weighted by Crippen LogP contribution is 2.24. The summed E-state index contributed by atoms with van der Waals surface area (Å²) in [6.45, 7) is 9.46. The summed E-state index contributed by atoms with van der Waals surface area (Å²) in [6.07, 6.45) is 1.58. The molecule has 0 aromatic heterocycles. The van der Waals surface area contributed by atoms with Gasteiger partial charge in [0, 0.05) is 17.3 Å². The molecule has 0 fully saturated rings. The molecule has 3 N–H and O–H groups in total. The second-order valence-electron chi connectivity index (χ2n) is 6.70. The van der Waals surface area contributed by atoms with Crippen LogP contribution in [0.3, 0.4) is 0 Å². The highest BCUT2D eigenvalue weighted by atomic mass is 32.2. The highest BCUT2D eigenvalue weighted by molar-refractivity contribution is 7.89. The van der Waals surface area contributed by atoms with E-state index in [9.17, 15) is 18.3 Å². The number of carboxylic acid groups (broad SMARTS) is 1. The number of carbonyl (C=O) groups is 1. The van der Waals surface area contributed by atoms with E-state index >= 15 is 0 Å². The van der Waals surface area contributed by atoms with E-state index in [0.29, 0.717) is 12.1 Å². The van der Waals surface area contributed by atoms with E-state index in [1.807, 2.05) is 27.7 Å². The lowest BCUT2D eigenvalue weighted by Gasteiger charge is -2.23. The molecule has 0 heterocycles. The number of hydrogen-bond donors (Lipinski definition) is 3. The van der Waals surface area contributed by atoms with Crippen molar-refractivity contribution in [3.8, 4) is 0 Å². The minimum atomic E-state index is -3.74. The maximum absolute atomic E-state index is 12.4. The fraction of sp³-hybridized carbons (Fsp3) is 0.562. The molecule has 0 aliphatic rings. The van der Waals surface area contributed by atoms with Crippen molar-refractivity contribution in [1.82, 2.24) is 4.72 Å². The Kier molecular flexibility index (Phi) is 6.18. The lowest BCUT2D eigenvalue weighted by atomic mass is 10.1. The van der Waals surface area contributed by atoms with Crippen LogP contribution in [0.2, 0.25) is 0 Å². The standard InChI is InChI=1S/C16H26N2O4S/c1-6-7-11(2)18-23(21,22)12-8-9-14(17-16(3,4)5)13(10-12)15(19)20/h8-11,17-18H,6-7H2,1-5H3,(H,19,20)/t11-/m1/s1. The normalized spacial score (nSPS) is 13.6. The zero-order valence-electron chi connectivity index (χ0n) is 14.3. The van der Waals surface area contributed by atoms with Crippen molar-refractivity contribution in [2.75, 3.05) is 5.32 Å². The Morgan fingerprint density at radius 2 is 1.91 bits per heavy atom. The van der Waals surface area contributed by atoms with Gasteiger partial charge in [0.25, 0.3) is 0 Å². The monoisotopic (exact) mass is 342 g/mol. The third-order valence-electron chi connectivity index (χ3n) is 3.12. The van der Waals surface area contributed by atoms with Crippen LogP contribution >= 0.6 is 0 Å². The Hall–Kier alpha value is -1.60. The predicted octanol–water partition coefficient (Wildman–Crippen LogP) is 3.06. The Labute approximate surface area is 138 Å². The highest BCUT2D eigenvalue weighted by Gasteiger charge is 2.22. The average molecular weight is 342 g/mol. The fourth-order valence-corrected chi connectivity index (χ4v) is 3.51. The van der Waals surface area contributed by atoms with E-state index in [1.165, 1.54) is 18.2 Å². The van der Waals surface area contributed by atoms with Gasteiger partial charge in [-0.05, 0) is 52.3 Å². The Balaban J connectivity index is 3.20. The van der Waals surface area contributed by atoms with Crippen molar-refractivity contribution < 1.29 is 18.3 Å². The van der Waals surface area contributed by atoms with Crippen molar-refractivity contribution in [2.45, 2.75) is 63.9 Å². The van der Waals surface area contributed by atoms with Crippen molar-refractivity contribution in [3.05, 3.63) is 23.8 Å². The van der Waals surface area contributed by atoms with Crippen molar-refractivity contribution in [3.63, 3.8) is 0 Å². The van der Waals surface area contributed by atoms with Gasteiger partial charge in [0.2, 0.25) is 10.0 Å². The fourth-order valence-electron chi connectivity index (χ4n) is 2.21. The Morgan fingerprint density at radius 3 is 2.39 bits per heavy atom. The van der Waals surface area contributed by atoms with Crippen LogP contribution in [0.4, 0.5) is 5.69 Å². The van der Waals surface area contributed by atoms with Crippen molar-refractivity contribution in [1.29, 1.82) is 0 Å². The first-order chi connectivity index (χ1) is 10.5. The van der Waals surface area contributed by atoms with E-state index in [2.05, 4.69) is 10.0 Å². The average Bonchev–Trinajstić information content (AvgIpc) is 2.36. The summed E-state index contributed by atoms with van der Waals surface area (Å²) < 4.78 is 27.3. The first-order valence-corrected chi connectivity index (χ1v) is 9.12. The molecule has 7 heteroatoms. The van der Waals surface area contributed by atoms with Gasteiger partial charge in [-0.1, -0.05) is 13.3 Å². The van der Waals surface area contributed by atoms with Gasteiger partial charge in [-0.3, -0.25) is 0 Å². The molecule has 0 saturated heterocycles. The molecule has 130 valence electrons. The van der Waals surface area contributed by atoms with Gasteiger partial charge in [0.05, 0.1) is 10.5 Å². The summed E-state index contributed by atoms with van der Waals surface area (Å²) in [5, 5.41) is 12.4. The van der Waals surface area contributed by atoms with Gasteiger partial charge < -0.3 is 10.4 Å². The Morgan fingerprint density at radius 1 is 1.30 bits per heavy atom. The number of rotatable bonds is 7. The summed E-state index contributed by atoms with van der Waals surface area (Å²) in [7, 11) is -3.74. The van der Waals surface area contributed by atoms with E-state index in [4.69, 9.17) is 0 Å². The zero-order valence-corrected chi connectivity index (χ0v) is 15.1. The summed E-state index contributed by atoms with van der Waals surface area (Å²) in [5.41, 5.74) is -0.00475. The molecule has 1 rings (SSSR count). The molecule has 0 aliphatic carbocycles. The number of aromatic carboxylic acids is 1. The summed E-state index contributed by atoms with van der Waals surface area (Å²) in [5.74, 6) is -1.17. The first-order valence-electron chi connectivity index (χ1n) is 7.64. The van der Waals surface area contributed by atoms with Crippen LogP contribution in [0.25, 0.3) is 0 Å². The van der Waals surface area contributed by atoms with Crippen LogP contribution < -0.4 is 10.0 Å². The molecular formula is C16H26N2O4S. The topological polar surface area (TPSA) is 95.5 Å². The van der Waals surface area contributed by atoms with E-state index in [-0.39, 0.29) is 22.0 Å². The van der Waals surface area contributed by atoms with Crippen LogP contribution in [0.1, 0.15) is 57.8 Å². The number of carboxylic acids is 1. The van der Waals surface area contributed by atoms with Crippen LogP contribution in [0.15, 0.2) is 23.1 Å². The largest absolute Gasteiger partial charge is 0.478 e. The van der Waals surface area contributed by atoms with E-state index in [0.717, 1.165) is 6.42 Å². The molecule has 6 nitrogen and oxygen atoms in total. The summed E-state index contributed by atoms with van der Waals surface area (Å²) in [4.78, 5) is 11.4. The van der Waals surface area contributed by atoms with E-state index in [1.54, 1.807) is 6.92 Å². The molecule has 1 aromatic rings. The third kappa shape index (κ3) is 5.84. The lowest BCUT2D eigenvalue weighted by Crippen LogP contribution is -2.32. The number of nitrogens with one attached hydrogen (secondary N) is 2. The molecule has 0 spiro atoms. The number of anilines is 1. The Bertz CT molecular complexity index is 663. The summed E-state index contributed by atoms with van der Waals surface area (Å²) in [6, 6.07) is 3.90. The van der Waals surface area contributed by atoms with Gasteiger partial charge in [0.15, 0.2) is 0 Å². The molecule has 0 aliphatic heterocycles. The zero-order chi connectivity index (χ0) is 17.8. The minimum Gasteiger partial charge on any atom is -0.478 e. The number of benzene rings is 1. The molecular weight excluding hydrogens is 316 g/mol. The van der Waals surface area contributed by atoms with Gasteiger partial charge in [-0.2, -0.15) is 0 Å². The summed E-state index contributed by atoms with van der Waals surface area (Å²) >= 11 is 0. The van der Waals surface area contributed by atoms with Gasteiger partial charge >= 0.3 is 5.97 Å². The van der Waals surface area contributed by atoms with Crippen LogP contribution in [0.5, 0.6) is 0 Å². The number of hydrogen-bond acceptors (Lipinski definition) is 4. The predicted molar refractivity (Wildman–Crippen MR) is 91.5 cm³/mol. The SMILES string of the molecule is CCC[C@@H](C)NS(=O)(=O)c1ccc(NC(C)(C)C)c(C(=O)O)c1. The quantitative estimate of drug-likeness (QED) is 0.708. The van der Waals surface area contributed by atoms with Crippen molar-refractivity contribution >= 4 is 21.7 Å². The van der Waals surface area contributed by atoms with Crippen LogP contribution in [-0.4, -0.2) is 31.1 Å². The van der Waals surface area contributed by atoms with Crippen LogP contribution in [0, 0.1) is 0 Å². The van der Waals surface area contributed by atoms with Crippen LogP contribution in [-0.2, 0) is 10.0 Å². The van der Waals surface area contributed by atoms with Gasteiger partial charge in [0.1, 0.15) is 0 Å². The maximum Gasteiger partial charge on any atom is 0.337 e. The van der Waals surface area contributed by atoms with E-state index < -0.39 is 16.0 Å². The molecule has 0 saturated carbocycles. The lowest BCUT2D eigenvalue weighted by molar-refractivity contribution is 0.0697. The minimum absolute atomic E-state index is 0.0442. The molecule has 0 bridgehead atoms. The molecule has 0 radical (unpaired) electrons.